The fourth-order valence-corrected chi connectivity index (χ4v) is 0. The van der Waals surface area contributed by atoms with Crippen molar-refractivity contribution in [3.8, 4) is 0 Å². The van der Waals surface area contributed by atoms with Crippen LogP contribution in [-0.2, 0) is 9.59 Å². The van der Waals surface area contributed by atoms with Crippen molar-refractivity contribution in [3.05, 3.63) is 12.2 Å². The van der Waals surface area contributed by atoms with Crippen LogP contribution in [0, 0.1) is 0 Å². The van der Waals surface area contributed by atoms with Crippen LogP contribution in [-0.4, -0.2) is 11.7 Å². The smallest absolute Gasteiger partial charge is 0.243 e. The largest absolute Gasteiger partial charge is 0.366 e. The summed E-state index contributed by atoms with van der Waals surface area (Å²) < 4.78 is 0. The van der Waals surface area contributed by atoms with Gasteiger partial charge in [-0.2, -0.15) is 0 Å². The second-order valence-corrected chi connectivity index (χ2v) is 2.05. The lowest BCUT2D eigenvalue weighted by atomic mass is 10.3. The van der Waals surface area contributed by atoms with E-state index < -0.39 is 5.91 Å². The molecule has 2 N–H and O–H groups in total. The van der Waals surface area contributed by atoms with Crippen molar-refractivity contribution in [1.82, 2.24) is 0 Å². The zero-order valence-electron chi connectivity index (χ0n) is 6.60. The molecule has 0 saturated heterocycles. The van der Waals surface area contributed by atoms with Gasteiger partial charge in [0.15, 0.2) is 0 Å². The van der Waals surface area contributed by atoms with Gasteiger partial charge in [-0.1, -0.05) is 6.58 Å². The summed E-state index contributed by atoms with van der Waals surface area (Å²) in [6, 6.07) is 0. The molecule has 0 aromatic rings. The fraction of sp³-hybridized carbons (Fsp3) is 0.429. The normalized spacial score (nSPS) is 7.10. The first-order chi connectivity index (χ1) is 4.37. The van der Waals surface area contributed by atoms with E-state index in [1.165, 1.54) is 13.8 Å². The fourth-order valence-electron chi connectivity index (χ4n) is 0. The molecular weight excluding hydrogens is 130 g/mol. The van der Waals surface area contributed by atoms with Crippen LogP contribution in [0.5, 0.6) is 0 Å². The topological polar surface area (TPSA) is 60.2 Å². The summed E-state index contributed by atoms with van der Waals surface area (Å²) in [5, 5.41) is 0. The molecular formula is C7H13NO2. The highest BCUT2D eigenvalue weighted by atomic mass is 16.1. The number of amides is 1. The highest BCUT2D eigenvalue weighted by Gasteiger charge is 1.86. The summed E-state index contributed by atoms with van der Waals surface area (Å²) in [5.41, 5.74) is 5.09. The molecule has 0 aliphatic heterocycles. The first-order valence-corrected chi connectivity index (χ1v) is 2.80. The molecule has 3 nitrogen and oxygen atoms in total. The molecule has 0 bridgehead atoms. The Morgan fingerprint density at radius 1 is 1.20 bits per heavy atom. The van der Waals surface area contributed by atoms with Crippen LogP contribution in [0.15, 0.2) is 12.2 Å². The van der Waals surface area contributed by atoms with Crippen LogP contribution in [0.2, 0.25) is 0 Å². The number of Topliss-reactive ketones (excluding diaryl/α,β-unsaturated/α-hetero) is 1. The Bertz CT molecular complexity index is 134. The van der Waals surface area contributed by atoms with Crippen LogP contribution in [0.1, 0.15) is 20.8 Å². The lowest BCUT2D eigenvalue weighted by Crippen LogP contribution is -2.10. The van der Waals surface area contributed by atoms with E-state index in [0.29, 0.717) is 5.57 Å². The molecule has 10 heavy (non-hydrogen) atoms. The van der Waals surface area contributed by atoms with E-state index in [1.54, 1.807) is 6.92 Å². The minimum Gasteiger partial charge on any atom is -0.366 e. The molecule has 0 aliphatic rings. The highest BCUT2D eigenvalue weighted by molar-refractivity contribution is 5.90. The van der Waals surface area contributed by atoms with Gasteiger partial charge in [-0.3, -0.25) is 4.79 Å². The Balaban J connectivity index is 0. The second-order valence-electron chi connectivity index (χ2n) is 2.05. The molecule has 0 spiro atoms. The highest BCUT2D eigenvalue weighted by Crippen LogP contribution is 1.78. The van der Waals surface area contributed by atoms with Crippen LogP contribution < -0.4 is 5.73 Å². The van der Waals surface area contributed by atoms with Crippen molar-refractivity contribution in [2.75, 3.05) is 0 Å². The van der Waals surface area contributed by atoms with E-state index in [1.807, 2.05) is 0 Å². The summed E-state index contributed by atoms with van der Waals surface area (Å²) in [4.78, 5) is 19.3. The van der Waals surface area contributed by atoms with Crippen molar-refractivity contribution in [2.24, 2.45) is 5.73 Å². The Kier molecular flexibility index (Phi) is 7.00. The Morgan fingerprint density at radius 3 is 1.30 bits per heavy atom. The summed E-state index contributed by atoms with van der Waals surface area (Å²) in [6.45, 7) is 7.91. The number of carbonyl (C=O) groups is 2. The molecule has 0 radical (unpaired) electrons. The Hall–Kier alpha value is -1.12. The zero-order valence-corrected chi connectivity index (χ0v) is 6.60. The molecule has 1 amide bonds. The number of primary amides is 1. The maximum absolute atomic E-state index is 9.82. The third kappa shape index (κ3) is 28.7. The SMILES string of the molecule is C=C(C)C(N)=O.CC(C)=O. The van der Waals surface area contributed by atoms with Crippen molar-refractivity contribution in [1.29, 1.82) is 0 Å². The van der Waals surface area contributed by atoms with E-state index in [0.717, 1.165) is 0 Å². The van der Waals surface area contributed by atoms with E-state index in [-0.39, 0.29) is 5.78 Å². The van der Waals surface area contributed by atoms with E-state index in [9.17, 15) is 9.59 Å². The van der Waals surface area contributed by atoms with Crippen molar-refractivity contribution < 1.29 is 9.59 Å². The molecule has 0 atom stereocenters. The van der Waals surface area contributed by atoms with Gasteiger partial charge in [-0.05, 0) is 20.8 Å². The quantitative estimate of drug-likeness (QED) is 0.547. The zero-order chi connectivity index (χ0) is 8.73. The van der Waals surface area contributed by atoms with Crippen molar-refractivity contribution in [3.63, 3.8) is 0 Å². The van der Waals surface area contributed by atoms with E-state index >= 15 is 0 Å². The molecule has 3 heteroatoms. The number of nitrogens with two attached hydrogens (primary N) is 1. The monoisotopic (exact) mass is 143 g/mol. The molecule has 0 aliphatic carbocycles. The third-order valence-electron chi connectivity index (χ3n) is 0.421. The number of rotatable bonds is 1. The van der Waals surface area contributed by atoms with Gasteiger partial charge in [-0.15, -0.1) is 0 Å². The summed E-state index contributed by atoms with van der Waals surface area (Å²) in [5.74, 6) is -0.269. The van der Waals surface area contributed by atoms with E-state index in [4.69, 9.17) is 5.73 Å². The third-order valence-corrected chi connectivity index (χ3v) is 0.421. The molecule has 0 saturated carbocycles. The summed E-state index contributed by atoms with van der Waals surface area (Å²) >= 11 is 0. The van der Waals surface area contributed by atoms with Crippen LogP contribution >= 0.6 is 0 Å². The number of carbonyl (C=O) groups excluding carboxylic acids is 2. The van der Waals surface area contributed by atoms with Gasteiger partial charge < -0.3 is 10.5 Å². The average Bonchev–Trinajstić information content (AvgIpc) is 1.63. The van der Waals surface area contributed by atoms with Gasteiger partial charge in [0.05, 0.1) is 0 Å². The molecule has 0 unspecified atom stereocenters. The van der Waals surface area contributed by atoms with Crippen molar-refractivity contribution in [2.45, 2.75) is 20.8 Å². The lowest BCUT2D eigenvalue weighted by molar-refractivity contribution is -0.115. The first kappa shape index (κ1) is 11.6. The standard InChI is InChI=1S/C4H7NO.C3H6O/c1-3(2)4(5)6;1-3(2)4/h1H2,2H3,(H2,5,6);1-2H3. The summed E-state index contributed by atoms with van der Waals surface area (Å²) in [7, 11) is 0. The minimum absolute atomic E-state index is 0.167. The van der Waals surface area contributed by atoms with Gasteiger partial charge in [0.1, 0.15) is 5.78 Å². The maximum atomic E-state index is 9.82. The molecule has 0 aromatic carbocycles. The molecule has 0 rings (SSSR count). The van der Waals surface area contributed by atoms with Crippen LogP contribution in [0.3, 0.4) is 0 Å². The van der Waals surface area contributed by atoms with Gasteiger partial charge in [0, 0.05) is 5.57 Å². The molecule has 0 aromatic heterocycles. The van der Waals surface area contributed by atoms with Crippen LogP contribution in [0.25, 0.3) is 0 Å². The van der Waals surface area contributed by atoms with Gasteiger partial charge in [0.2, 0.25) is 5.91 Å². The maximum Gasteiger partial charge on any atom is 0.243 e. The lowest BCUT2D eigenvalue weighted by Gasteiger charge is -1.81. The number of ketones is 1. The second kappa shape index (κ2) is 6.01. The van der Waals surface area contributed by atoms with Gasteiger partial charge >= 0.3 is 0 Å². The Labute approximate surface area is 60.9 Å². The van der Waals surface area contributed by atoms with Crippen molar-refractivity contribution >= 4 is 11.7 Å². The summed E-state index contributed by atoms with van der Waals surface area (Å²) in [6.07, 6.45) is 0. The predicted molar refractivity (Wildman–Crippen MR) is 40.4 cm³/mol. The minimum atomic E-state index is -0.435. The Morgan fingerprint density at radius 2 is 1.30 bits per heavy atom. The molecule has 0 fully saturated rings. The predicted octanol–water partition coefficient (Wildman–Crippen LogP) is 0.643. The average molecular weight is 143 g/mol. The van der Waals surface area contributed by atoms with Gasteiger partial charge in [-0.25, -0.2) is 0 Å². The molecule has 0 heterocycles. The number of hydrogen-bond donors (Lipinski definition) is 1. The first-order valence-electron chi connectivity index (χ1n) is 2.80. The van der Waals surface area contributed by atoms with Gasteiger partial charge in [0.25, 0.3) is 0 Å². The van der Waals surface area contributed by atoms with Crippen LogP contribution in [0.4, 0.5) is 0 Å². The molecule has 58 valence electrons. The van der Waals surface area contributed by atoms with E-state index in [2.05, 4.69) is 6.58 Å². The number of hydrogen-bond acceptors (Lipinski definition) is 2.